The minimum Gasteiger partial charge on any atom is -0.352 e. The molecule has 1 amide bonds. The summed E-state index contributed by atoms with van der Waals surface area (Å²) in [6, 6.07) is 14.0. The van der Waals surface area contributed by atoms with E-state index >= 15 is 0 Å². The number of rotatable bonds is 6. The summed E-state index contributed by atoms with van der Waals surface area (Å²) in [4.78, 5) is 24.2. The number of fused-ring (bicyclic) bond motifs is 1. The minimum absolute atomic E-state index is 0.0511. The highest BCUT2D eigenvalue weighted by atomic mass is 16.2. The van der Waals surface area contributed by atoms with Crippen molar-refractivity contribution in [2.24, 2.45) is 0 Å². The SMILES string of the molecule is Cc1ccc(CNC(=O)CCC(=O)c2ccc3c(c2)CCC3)cc1. The van der Waals surface area contributed by atoms with Gasteiger partial charge in [0.05, 0.1) is 0 Å². The second kappa shape index (κ2) is 7.43. The molecule has 0 saturated heterocycles. The Balaban J connectivity index is 1.47. The molecule has 3 heteroatoms. The van der Waals surface area contributed by atoms with Crippen LogP contribution in [0, 0.1) is 6.92 Å². The molecule has 3 rings (SSSR count). The summed E-state index contributed by atoms with van der Waals surface area (Å²) >= 11 is 0. The number of ketones is 1. The van der Waals surface area contributed by atoms with E-state index in [0.29, 0.717) is 6.54 Å². The molecule has 0 unspecified atom stereocenters. The van der Waals surface area contributed by atoms with E-state index in [2.05, 4.69) is 11.4 Å². The van der Waals surface area contributed by atoms with E-state index in [9.17, 15) is 9.59 Å². The van der Waals surface area contributed by atoms with Crippen molar-refractivity contribution in [3.63, 3.8) is 0 Å². The molecule has 1 aliphatic rings. The van der Waals surface area contributed by atoms with Gasteiger partial charge < -0.3 is 5.32 Å². The van der Waals surface area contributed by atoms with E-state index in [-0.39, 0.29) is 24.5 Å². The summed E-state index contributed by atoms with van der Waals surface area (Å²) in [5, 5.41) is 2.88. The molecule has 1 aliphatic carbocycles. The molecule has 0 spiro atoms. The monoisotopic (exact) mass is 321 g/mol. The Labute approximate surface area is 143 Å². The molecule has 1 N–H and O–H groups in total. The first-order valence-corrected chi connectivity index (χ1v) is 8.59. The largest absolute Gasteiger partial charge is 0.352 e. The summed E-state index contributed by atoms with van der Waals surface area (Å²) in [7, 11) is 0. The van der Waals surface area contributed by atoms with E-state index in [1.54, 1.807) is 0 Å². The normalized spacial score (nSPS) is 12.7. The highest BCUT2D eigenvalue weighted by molar-refractivity contribution is 5.98. The van der Waals surface area contributed by atoms with Crippen molar-refractivity contribution < 1.29 is 9.59 Å². The second-order valence-corrected chi connectivity index (χ2v) is 6.52. The van der Waals surface area contributed by atoms with Crippen LogP contribution in [0.4, 0.5) is 0 Å². The Kier molecular flexibility index (Phi) is 5.09. The number of carbonyl (C=O) groups excluding carboxylic acids is 2. The number of nitrogens with one attached hydrogen (secondary N) is 1. The van der Waals surface area contributed by atoms with Crippen LogP contribution in [0.3, 0.4) is 0 Å². The van der Waals surface area contributed by atoms with Crippen LogP contribution < -0.4 is 5.32 Å². The molecule has 24 heavy (non-hydrogen) atoms. The molecule has 0 saturated carbocycles. The van der Waals surface area contributed by atoms with Crippen LogP contribution in [0.5, 0.6) is 0 Å². The summed E-state index contributed by atoms with van der Waals surface area (Å²) < 4.78 is 0. The van der Waals surface area contributed by atoms with Crippen LogP contribution in [0.25, 0.3) is 0 Å². The molecule has 2 aromatic rings. The molecule has 0 fully saturated rings. The van der Waals surface area contributed by atoms with Crippen LogP contribution in [-0.2, 0) is 24.2 Å². The Morgan fingerprint density at radius 2 is 1.71 bits per heavy atom. The fourth-order valence-electron chi connectivity index (χ4n) is 3.11. The standard InChI is InChI=1S/C21H23NO2/c1-15-5-7-16(8-6-15)14-22-21(24)12-11-20(23)19-10-9-17-3-2-4-18(17)13-19/h5-10,13H,2-4,11-12,14H2,1H3,(H,22,24). The van der Waals surface area contributed by atoms with Crippen molar-refractivity contribution >= 4 is 11.7 Å². The number of amides is 1. The maximum Gasteiger partial charge on any atom is 0.220 e. The summed E-state index contributed by atoms with van der Waals surface area (Å²) in [5.41, 5.74) is 5.66. The van der Waals surface area contributed by atoms with Gasteiger partial charge in [0.15, 0.2) is 5.78 Å². The lowest BCUT2D eigenvalue weighted by Crippen LogP contribution is -2.23. The number of Topliss-reactive ketones (excluding diaryl/α,β-unsaturated/α-hetero) is 1. The predicted molar refractivity (Wildman–Crippen MR) is 95.1 cm³/mol. The van der Waals surface area contributed by atoms with Crippen LogP contribution in [0.2, 0.25) is 0 Å². The van der Waals surface area contributed by atoms with Crippen molar-refractivity contribution in [3.8, 4) is 0 Å². The lowest BCUT2D eigenvalue weighted by Gasteiger charge is -2.07. The molecule has 0 heterocycles. The number of benzene rings is 2. The van der Waals surface area contributed by atoms with E-state index < -0.39 is 0 Å². The van der Waals surface area contributed by atoms with Gasteiger partial charge in [-0.05, 0) is 48.9 Å². The Morgan fingerprint density at radius 1 is 0.958 bits per heavy atom. The maximum absolute atomic E-state index is 12.3. The van der Waals surface area contributed by atoms with Gasteiger partial charge in [-0.1, -0.05) is 42.0 Å². The molecule has 0 aromatic heterocycles. The molecule has 0 atom stereocenters. The van der Waals surface area contributed by atoms with Crippen LogP contribution in [-0.4, -0.2) is 11.7 Å². The van der Waals surface area contributed by atoms with Gasteiger partial charge in [0.2, 0.25) is 5.91 Å². The Hall–Kier alpha value is -2.42. The zero-order valence-corrected chi connectivity index (χ0v) is 14.1. The molecular weight excluding hydrogens is 298 g/mol. The topological polar surface area (TPSA) is 46.2 Å². The first kappa shape index (κ1) is 16.4. The fraction of sp³-hybridized carbons (Fsp3) is 0.333. The third kappa shape index (κ3) is 4.10. The number of aryl methyl sites for hydroxylation is 3. The lowest BCUT2D eigenvalue weighted by atomic mass is 10.0. The molecule has 2 aromatic carbocycles. The first-order valence-electron chi connectivity index (χ1n) is 8.59. The molecule has 0 bridgehead atoms. The lowest BCUT2D eigenvalue weighted by molar-refractivity contribution is -0.121. The van der Waals surface area contributed by atoms with E-state index in [1.165, 1.54) is 23.1 Å². The molecular formula is C21H23NO2. The third-order valence-electron chi connectivity index (χ3n) is 4.61. The van der Waals surface area contributed by atoms with Gasteiger partial charge in [-0.2, -0.15) is 0 Å². The van der Waals surface area contributed by atoms with Gasteiger partial charge in [-0.3, -0.25) is 9.59 Å². The van der Waals surface area contributed by atoms with Crippen LogP contribution >= 0.6 is 0 Å². The third-order valence-corrected chi connectivity index (χ3v) is 4.61. The number of carbonyl (C=O) groups is 2. The van der Waals surface area contributed by atoms with Crippen LogP contribution in [0.1, 0.15) is 51.9 Å². The van der Waals surface area contributed by atoms with Gasteiger partial charge in [-0.25, -0.2) is 0 Å². The summed E-state index contributed by atoms with van der Waals surface area (Å²) in [6.07, 6.45) is 3.85. The van der Waals surface area contributed by atoms with Crippen molar-refractivity contribution in [1.29, 1.82) is 0 Å². The smallest absolute Gasteiger partial charge is 0.220 e. The zero-order chi connectivity index (χ0) is 16.9. The maximum atomic E-state index is 12.3. The Morgan fingerprint density at radius 3 is 2.50 bits per heavy atom. The van der Waals surface area contributed by atoms with Gasteiger partial charge in [0.25, 0.3) is 0 Å². The van der Waals surface area contributed by atoms with Crippen molar-refractivity contribution in [2.75, 3.05) is 0 Å². The van der Waals surface area contributed by atoms with Gasteiger partial charge in [-0.15, -0.1) is 0 Å². The molecule has 3 nitrogen and oxygen atoms in total. The summed E-state index contributed by atoms with van der Waals surface area (Å²) in [6.45, 7) is 2.54. The van der Waals surface area contributed by atoms with Gasteiger partial charge in [0, 0.05) is 24.9 Å². The van der Waals surface area contributed by atoms with Gasteiger partial charge >= 0.3 is 0 Å². The minimum atomic E-state index is -0.0786. The van der Waals surface area contributed by atoms with Crippen molar-refractivity contribution in [3.05, 3.63) is 70.3 Å². The van der Waals surface area contributed by atoms with Crippen molar-refractivity contribution in [1.82, 2.24) is 5.32 Å². The molecule has 0 radical (unpaired) electrons. The Bertz CT molecular complexity index is 747. The van der Waals surface area contributed by atoms with Gasteiger partial charge in [0.1, 0.15) is 0 Å². The highest BCUT2D eigenvalue weighted by Gasteiger charge is 2.14. The van der Waals surface area contributed by atoms with E-state index in [4.69, 9.17) is 0 Å². The number of hydrogen-bond acceptors (Lipinski definition) is 2. The average Bonchev–Trinajstić information content (AvgIpc) is 3.06. The number of hydrogen-bond donors (Lipinski definition) is 1. The second-order valence-electron chi connectivity index (χ2n) is 6.52. The fourth-order valence-corrected chi connectivity index (χ4v) is 3.11. The quantitative estimate of drug-likeness (QED) is 0.823. The first-order chi connectivity index (χ1) is 11.6. The van der Waals surface area contributed by atoms with E-state index in [1.807, 2.05) is 43.3 Å². The van der Waals surface area contributed by atoms with E-state index in [0.717, 1.165) is 24.0 Å². The van der Waals surface area contributed by atoms with Crippen LogP contribution in [0.15, 0.2) is 42.5 Å². The molecule has 0 aliphatic heterocycles. The van der Waals surface area contributed by atoms with Crippen molar-refractivity contribution in [2.45, 2.75) is 45.6 Å². The zero-order valence-electron chi connectivity index (χ0n) is 14.1. The molecule has 124 valence electrons. The predicted octanol–water partition coefficient (Wildman–Crippen LogP) is 3.76. The highest BCUT2D eigenvalue weighted by Crippen LogP contribution is 2.23. The summed E-state index contributed by atoms with van der Waals surface area (Å²) in [5.74, 6) is -0.0275. The average molecular weight is 321 g/mol.